The number of hydrogen-bond donors (Lipinski definition) is 0. The Kier molecular flexibility index (Phi) is 2.98. The minimum absolute atomic E-state index is 0.312. The first kappa shape index (κ1) is 12.0. The van der Waals surface area contributed by atoms with Crippen molar-refractivity contribution in [2.45, 2.75) is 6.92 Å². The van der Waals surface area contributed by atoms with E-state index in [1.807, 2.05) is 30.3 Å². The third kappa shape index (κ3) is 1.91. The molecule has 1 aliphatic rings. The van der Waals surface area contributed by atoms with Gasteiger partial charge in [0, 0.05) is 17.2 Å². The Balaban J connectivity index is 2.37. The fourth-order valence-electron chi connectivity index (χ4n) is 1.81. The number of rotatable bonds is 2. The standard InChI is InChI=1S/C15H13NO2/c1-10(2)15(18)16-11(3)13(9-14(16)17)12-7-5-4-6-8-12/h4-9H,1,3H2,2H3. The molecule has 0 saturated heterocycles. The molecule has 18 heavy (non-hydrogen) atoms. The highest BCUT2D eigenvalue weighted by atomic mass is 16.2. The number of allylic oxidation sites excluding steroid dienone is 1. The second kappa shape index (κ2) is 4.45. The Morgan fingerprint density at radius 1 is 1.22 bits per heavy atom. The van der Waals surface area contributed by atoms with Crippen molar-refractivity contribution in [2.24, 2.45) is 0 Å². The lowest BCUT2D eigenvalue weighted by atomic mass is 10.1. The van der Waals surface area contributed by atoms with Crippen LogP contribution in [0.3, 0.4) is 0 Å². The van der Waals surface area contributed by atoms with Gasteiger partial charge in [-0.25, -0.2) is 4.90 Å². The van der Waals surface area contributed by atoms with Gasteiger partial charge in [0.2, 0.25) is 0 Å². The minimum atomic E-state index is -0.410. The van der Waals surface area contributed by atoms with E-state index in [2.05, 4.69) is 13.2 Å². The highest BCUT2D eigenvalue weighted by Gasteiger charge is 2.31. The van der Waals surface area contributed by atoms with Gasteiger partial charge in [-0.15, -0.1) is 0 Å². The second-order valence-electron chi connectivity index (χ2n) is 4.13. The molecular formula is C15H13NO2. The van der Waals surface area contributed by atoms with Crippen molar-refractivity contribution >= 4 is 17.4 Å². The number of benzene rings is 1. The lowest BCUT2D eigenvalue weighted by Gasteiger charge is -2.16. The molecule has 0 fully saturated rings. The quantitative estimate of drug-likeness (QED) is 0.744. The van der Waals surface area contributed by atoms with Crippen LogP contribution in [0, 0.1) is 0 Å². The van der Waals surface area contributed by atoms with Crippen LogP contribution in [0.15, 0.2) is 60.8 Å². The summed E-state index contributed by atoms with van der Waals surface area (Å²) in [6, 6.07) is 9.38. The van der Waals surface area contributed by atoms with Crippen LogP contribution in [0.4, 0.5) is 0 Å². The van der Waals surface area contributed by atoms with E-state index < -0.39 is 5.91 Å². The van der Waals surface area contributed by atoms with Gasteiger partial charge in [0.05, 0.1) is 5.70 Å². The van der Waals surface area contributed by atoms with Crippen LogP contribution in [0.2, 0.25) is 0 Å². The van der Waals surface area contributed by atoms with Gasteiger partial charge in [0.1, 0.15) is 0 Å². The largest absolute Gasteiger partial charge is 0.269 e. The lowest BCUT2D eigenvalue weighted by Crippen LogP contribution is -2.31. The molecule has 1 heterocycles. The van der Waals surface area contributed by atoms with E-state index in [-0.39, 0.29) is 5.91 Å². The number of carbonyl (C=O) groups excluding carboxylic acids is 2. The summed E-state index contributed by atoms with van der Waals surface area (Å²) in [5.41, 5.74) is 2.26. The lowest BCUT2D eigenvalue weighted by molar-refractivity contribution is -0.135. The third-order valence-corrected chi connectivity index (χ3v) is 2.72. The van der Waals surface area contributed by atoms with Gasteiger partial charge in [-0.05, 0) is 12.5 Å². The van der Waals surface area contributed by atoms with Gasteiger partial charge in [0.15, 0.2) is 0 Å². The molecule has 0 bridgehead atoms. The molecule has 0 saturated carbocycles. The van der Waals surface area contributed by atoms with Crippen LogP contribution < -0.4 is 0 Å². The number of carbonyl (C=O) groups is 2. The van der Waals surface area contributed by atoms with E-state index in [0.717, 1.165) is 10.5 Å². The first-order valence-corrected chi connectivity index (χ1v) is 5.52. The fraction of sp³-hybridized carbons (Fsp3) is 0.0667. The van der Waals surface area contributed by atoms with Crippen LogP contribution in [0.5, 0.6) is 0 Å². The molecule has 3 heteroatoms. The monoisotopic (exact) mass is 239 g/mol. The van der Waals surface area contributed by atoms with Crippen LogP contribution >= 0.6 is 0 Å². The van der Waals surface area contributed by atoms with Gasteiger partial charge < -0.3 is 0 Å². The van der Waals surface area contributed by atoms with Gasteiger partial charge in [-0.3, -0.25) is 9.59 Å². The molecule has 2 rings (SSSR count). The average Bonchev–Trinajstić information content (AvgIpc) is 2.65. The first-order valence-electron chi connectivity index (χ1n) is 5.52. The molecule has 0 atom stereocenters. The molecule has 1 aromatic carbocycles. The number of nitrogens with zero attached hydrogens (tertiary/aromatic N) is 1. The molecule has 0 unspecified atom stereocenters. The summed E-state index contributed by atoms with van der Waals surface area (Å²) < 4.78 is 0. The van der Waals surface area contributed by atoms with E-state index >= 15 is 0 Å². The zero-order valence-corrected chi connectivity index (χ0v) is 10.1. The van der Waals surface area contributed by atoms with Crippen molar-refractivity contribution < 1.29 is 9.59 Å². The van der Waals surface area contributed by atoms with Crippen molar-refractivity contribution in [1.29, 1.82) is 0 Å². The molecular weight excluding hydrogens is 226 g/mol. The van der Waals surface area contributed by atoms with Crippen molar-refractivity contribution in [2.75, 3.05) is 0 Å². The maximum atomic E-state index is 11.9. The normalized spacial score (nSPS) is 14.7. The Morgan fingerprint density at radius 2 is 1.83 bits per heavy atom. The Bertz CT molecular complexity index is 582. The summed E-state index contributed by atoms with van der Waals surface area (Å²) in [7, 11) is 0. The number of amides is 2. The van der Waals surface area contributed by atoms with Crippen molar-refractivity contribution in [3.63, 3.8) is 0 Å². The topological polar surface area (TPSA) is 37.4 Å². The Morgan fingerprint density at radius 3 is 2.39 bits per heavy atom. The summed E-state index contributed by atoms with van der Waals surface area (Å²) in [6.07, 6.45) is 1.43. The fourth-order valence-corrected chi connectivity index (χ4v) is 1.81. The summed E-state index contributed by atoms with van der Waals surface area (Å²) in [4.78, 5) is 24.8. The molecule has 0 aromatic heterocycles. The van der Waals surface area contributed by atoms with Crippen LogP contribution in [-0.4, -0.2) is 16.7 Å². The predicted octanol–water partition coefficient (Wildman–Crippen LogP) is 2.53. The number of imide groups is 1. The van der Waals surface area contributed by atoms with Crippen molar-refractivity contribution in [3.8, 4) is 0 Å². The molecule has 90 valence electrons. The first-order chi connectivity index (χ1) is 8.52. The summed E-state index contributed by atoms with van der Waals surface area (Å²) in [5, 5.41) is 0. The minimum Gasteiger partial charge on any atom is -0.269 e. The molecule has 1 aliphatic heterocycles. The zero-order valence-electron chi connectivity index (χ0n) is 10.1. The highest BCUT2D eigenvalue weighted by Crippen LogP contribution is 2.31. The summed E-state index contributed by atoms with van der Waals surface area (Å²) in [5.74, 6) is -0.779. The molecule has 2 amide bonds. The third-order valence-electron chi connectivity index (χ3n) is 2.72. The summed E-state index contributed by atoms with van der Waals surface area (Å²) >= 11 is 0. The molecule has 0 N–H and O–H groups in total. The highest BCUT2D eigenvalue weighted by molar-refractivity contribution is 6.17. The second-order valence-corrected chi connectivity index (χ2v) is 4.13. The molecule has 0 aliphatic carbocycles. The van der Waals surface area contributed by atoms with Gasteiger partial charge in [-0.2, -0.15) is 0 Å². The Labute approximate surface area is 106 Å². The molecule has 1 aromatic rings. The van der Waals surface area contributed by atoms with Crippen molar-refractivity contribution in [1.82, 2.24) is 4.90 Å². The maximum Gasteiger partial charge on any atom is 0.260 e. The molecule has 0 radical (unpaired) electrons. The zero-order chi connectivity index (χ0) is 13.3. The van der Waals surface area contributed by atoms with E-state index in [0.29, 0.717) is 16.8 Å². The van der Waals surface area contributed by atoms with E-state index in [1.54, 1.807) is 6.92 Å². The Hall–Kier alpha value is -2.42. The van der Waals surface area contributed by atoms with Crippen LogP contribution in [0.25, 0.3) is 5.57 Å². The van der Waals surface area contributed by atoms with E-state index in [4.69, 9.17) is 0 Å². The smallest absolute Gasteiger partial charge is 0.260 e. The number of hydrogen-bond acceptors (Lipinski definition) is 2. The van der Waals surface area contributed by atoms with Gasteiger partial charge >= 0.3 is 0 Å². The SMILES string of the molecule is C=C(C)C(=O)N1C(=C)C(c2ccccc2)=CC1=O. The molecule has 3 nitrogen and oxygen atoms in total. The summed E-state index contributed by atoms with van der Waals surface area (Å²) in [6.45, 7) is 8.95. The van der Waals surface area contributed by atoms with Gasteiger partial charge in [0.25, 0.3) is 11.8 Å². The van der Waals surface area contributed by atoms with E-state index in [9.17, 15) is 9.59 Å². The van der Waals surface area contributed by atoms with Crippen LogP contribution in [0.1, 0.15) is 12.5 Å². The average molecular weight is 239 g/mol. The molecule has 0 spiro atoms. The van der Waals surface area contributed by atoms with Gasteiger partial charge in [-0.1, -0.05) is 43.5 Å². The van der Waals surface area contributed by atoms with Crippen LogP contribution in [-0.2, 0) is 9.59 Å². The maximum absolute atomic E-state index is 11.9. The predicted molar refractivity (Wildman–Crippen MR) is 70.2 cm³/mol. The van der Waals surface area contributed by atoms with E-state index in [1.165, 1.54) is 6.08 Å². The van der Waals surface area contributed by atoms with Crippen molar-refractivity contribution in [3.05, 3.63) is 66.4 Å².